The molecule has 1 amide bonds. The van der Waals surface area contributed by atoms with Crippen molar-refractivity contribution in [1.29, 1.82) is 0 Å². The van der Waals surface area contributed by atoms with E-state index in [1.165, 1.54) is 6.92 Å². The van der Waals surface area contributed by atoms with Gasteiger partial charge in [-0.15, -0.1) is 0 Å². The Kier molecular flexibility index (Phi) is 3.93. The van der Waals surface area contributed by atoms with Gasteiger partial charge in [0.2, 0.25) is 0 Å². The van der Waals surface area contributed by atoms with Crippen LogP contribution in [0.5, 0.6) is 0 Å². The van der Waals surface area contributed by atoms with Crippen LogP contribution in [0, 0.1) is 0 Å². The molecule has 0 aliphatic heterocycles. The second-order valence-electron chi connectivity index (χ2n) is 2.25. The minimum Gasteiger partial charge on any atom is -0.376 e. The summed E-state index contributed by atoms with van der Waals surface area (Å²) in [6, 6.07) is 0. The average Bonchev–Trinajstić information content (AvgIpc) is 2.02. The molecule has 0 spiro atoms. The van der Waals surface area contributed by atoms with E-state index in [9.17, 15) is 9.59 Å². The van der Waals surface area contributed by atoms with Crippen molar-refractivity contribution in [3.63, 3.8) is 0 Å². The van der Waals surface area contributed by atoms with Crippen molar-refractivity contribution in [2.45, 2.75) is 6.92 Å². The lowest BCUT2D eigenvalue weighted by atomic mass is 10.1. The molecule has 2 N–H and O–H groups in total. The van der Waals surface area contributed by atoms with Crippen LogP contribution in [0.1, 0.15) is 6.92 Å². The van der Waals surface area contributed by atoms with Gasteiger partial charge in [0.25, 0.3) is 5.91 Å². The Hall–Kier alpha value is -1.42. The summed E-state index contributed by atoms with van der Waals surface area (Å²) in [4.78, 5) is 21.9. The lowest BCUT2D eigenvalue weighted by molar-refractivity contribution is -0.121. The molecule has 0 saturated carbocycles. The molecule has 0 saturated heterocycles. The van der Waals surface area contributed by atoms with Crippen molar-refractivity contribution in [3.05, 3.63) is 24.3 Å². The van der Waals surface area contributed by atoms with Crippen molar-refractivity contribution in [3.8, 4) is 0 Å². The van der Waals surface area contributed by atoms with Crippen LogP contribution >= 0.6 is 0 Å². The Labute approximate surface area is 70.6 Å². The normalized spacial score (nSPS) is 8.83. The number of nitrogens with one attached hydrogen (secondary N) is 1. The number of hydrogen-bond acceptors (Lipinski definition) is 3. The van der Waals surface area contributed by atoms with E-state index in [2.05, 4.69) is 13.2 Å². The highest BCUT2D eigenvalue weighted by molar-refractivity contribution is 6.24. The fourth-order valence-corrected chi connectivity index (χ4v) is 0.539. The topological polar surface area (TPSA) is 66.4 Å². The molecule has 0 radical (unpaired) electrons. The van der Waals surface area contributed by atoms with Crippen LogP contribution in [-0.2, 0) is 9.59 Å². The van der Waals surface area contributed by atoms with E-state index in [4.69, 9.17) is 5.11 Å². The Bertz CT molecular complexity index is 243. The zero-order valence-corrected chi connectivity index (χ0v) is 6.89. The minimum atomic E-state index is -0.675. The van der Waals surface area contributed by atoms with Gasteiger partial charge in [-0.2, -0.15) is 0 Å². The summed E-state index contributed by atoms with van der Waals surface area (Å²) in [6.45, 7) is 7.60. The van der Waals surface area contributed by atoms with Crippen LogP contribution in [0.2, 0.25) is 0 Å². The Balaban J connectivity index is 4.30. The Morgan fingerprint density at radius 2 is 1.92 bits per heavy atom. The molecule has 0 aliphatic carbocycles. The van der Waals surface area contributed by atoms with Crippen LogP contribution in [0.4, 0.5) is 0 Å². The fraction of sp³-hybridized carbons (Fsp3) is 0.250. The monoisotopic (exact) mass is 169 g/mol. The number of allylic oxidation sites excluding steroid dienone is 1. The summed E-state index contributed by atoms with van der Waals surface area (Å²) >= 11 is 0. The molecule has 0 atom stereocenters. The molecule has 0 rings (SSSR count). The molecule has 0 aliphatic rings. The number of hydrogen-bond donors (Lipinski definition) is 2. The fourth-order valence-electron chi connectivity index (χ4n) is 0.539. The third kappa shape index (κ3) is 2.67. The summed E-state index contributed by atoms with van der Waals surface area (Å²) < 4.78 is 0. The van der Waals surface area contributed by atoms with Crippen molar-refractivity contribution < 1.29 is 14.7 Å². The van der Waals surface area contributed by atoms with Crippen molar-refractivity contribution in [1.82, 2.24) is 5.32 Å². The number of carbonyl (C=O) groups excluding carboxylic acids is 2. The van der Waals surface area contributed by atoms with Gasteiger partial charge in [0, 0.05) is 0 Å². The summed E-state index contributed by atoms with van der Waals surface area (Å²) in [5.41, 5.74) is 0.0321. The summed E-state index contributed by atoms with van der Waals surface area (Å²) in [5, 5.41) is 10.3. The highest BCUT2D eigenvalue weighted by Crippen LogP contribution is 2.00. The van der Waals surface area contributed by atoms with E-state index in [1.807, 2.05) is 5.32 Å². The average molecular weight is 169 g/mol. The van der Waals surface area contributed by atoms with Gasteiger partial charge in [-0.3, -0.25) is 9.59 Å². The molecule has 0 fully saturated rings. The van der Waals surface area contributed by atoms with Gasteiger partial charge < -0.3 is 10.4 Å². The third-order valence-corrected chi connectivity index (χ3v) is 1.18. The van der Waals surface area contributed by atoms with E-state index in [-0.39, 0.29) is 11.1 Å². The highest BCUT2D eigenvalue weighted by Gasteiger charge is 2.14. The standard InChI is InChI=1S/C8H11NO3/c1-5(2)7(11)6(3)8(12)9-4-10/h10H,1,3-4H2,2H3,(H,9,12). The second kappa shape index (κ2) is 4.46. The predicted octanol–water partition coefficient (Wildman–Crippen LogP) is -0.246. The number of aliphatic hydroxyl groups excluding tert-OH is 1. The number of carbonyl (C=O) groups is 2. The Morgan fingerprint density at radius 3 is 2.25 bits per heavy atom. The smallest absolute Gasteiger partial charge is 0.256 e. The molecule has 4 heteroatoms. The van der Waals surface area contributed by atoms with Crippen LogP contribution in [0.15, 0.2) is 24.3 Å². The maximum Gasteiger partial charge on any atom is 0.256 e. The van der Waals surface area contributed by atoms with Gasteiger partial charge in [0.05, 0.1) is 5.57 Å². The zero-order valence-electron chi connectivity index (χ0n) is 6.89. The van der Waals surface area contributed by atoms with Gasteiger partial charge >= 0.3 is 0 Å². The van der Waals surface area contributed by atoms with Crippen LogP contribution in [0.25, 0.3) is 0 Å². The number of aliphatic hydroxyl groups is 1. The van der Waals surface area contributed by atoms with Gasteiger partial charge in [0.1, 0.15) is 6.73 Å². The first-order chi connectivity index (χ1) is 5.50. The maximum absolute atomic E-state index is 11.0. The molecular formula is C8H11NO3. The van der Waals surface area contributed by atoms with Gasteiger partial charge in [0.15, 0.2) is 5.78 Å². The molecule has 0 aromatic heterocycles. The lowest BCUT2D eigenvalue weighted by Crippen LogP contribution is -2.28. The van der Waals surface area contributed by atoms with E-state index in [1.54, 1.807) is 0 Å². The molecule has 66 valence electrons. The number of ketones is 1. The van der Waals surface area contributed by atoms with E-state index in [0.717, 1.165) is 0 Å². The van der Waals surface area contributed by atoms with E-state index in [0.29, 0.717) is 0 Å². The molecule has 0 aromatic carbocycles. The zero-order chi connectivity index (χ0) is 9.72. The number of Topliss-reactive ketones (excluding diaryl/α,β-unsaturated/α-hetero) is 1. The van der Waals surface area contributed by atoms with E-state index < -0.39 is 18.4 Å². The van der Waals surface area contributed by atoms with Crippen molar-refractivity contribution in [2.75, 3.05) is 6.73 Å². The number of rotatable bonds is 4. The molecule has 0 heterocycles. The van der Waals surface area contributed by atoms with Crippen molar-refractivity contribution in [2.24, 2.45) is 0 Å². The molecule has 4 nitrogen and oxygen atoms in total. The van der Waals surface area contributed by atoms with E-state index >= 15 is 0 Å². The molecule has 12 heavy (non-hydrogen) atoms. The third-order valence-electron chi connectivity index (χ3n) is 1.18. The maximum atomic E-state index is 11.0. The Morgan fingerprint density at radius 1 is 1.42 bits per heavy atom. The lowest BCUT2D eigenvalue weighted by Gasteiger charge is -2.02. The van der Waals surface area contributed by atoms with Gasteiger partial charge in [-0.25, -0.2) is 0 Å². The number of amides is 1. The summed E-state index contributed by atoms with van der Waals surface area (Å²) in [7, 11) is 0. The quantitative estimate of drug-likeness (QED) is 0.264. The molecule has 0 aromatic rings. The molecule has 0 unspecified atom stereocenters. The van der Waals surface area contributed by atoms with Crippen LogP contribution in [0.3, 0.4) is 0 Å². The van der Waals surface area contributed by atoms with Crippen molar-refractivity contribution >= 4 is 11.7 Å². The van der Waals surface area contributed by atoms with Gasteiger partial charge in [-0.05, 0) is 12.5 Å². The second-order valence-corrected chi connectivity index (χ2v) is 2.25. The van der Waals surface area contributed by atoms with Crippen LogP contribution in [-0.4, -0.2) is 23.5 Å². The first-order valence-electron chi connectivity index (χ1n) is 3.29. The van der Waals surface area contributed by atoms with Crippen LogP contribution < -0.4 is 5.32 Å². The summed E-state index contributed by atoms with van der Waals surface area (Å²) in [5.74, 6) is -1.17. The molecular weight excluding hydrogens is 158 g/mol. The predicted molar refractivity (Wildman–Crippen MR) is 44.2 cm³/mol. The largest absolute Gasteiger partial charge is 0.376 e. The first kappa shape index (κ1) is 10.6. The SMILES string of the molecule is C=C(C)C(=O)C(=C)C(=O)NCO. The highest BCUT2D eigenvalue weighted by atomic mass is 16.3. The first-order valence-corrected chi connectivity index (χ1v) is 3.29. The summed E-state index contributed by atoms with van der Waals surface area (Å²) in [6.07, 6.45) is 0. The molecule has 0 bridgehead atoms. The van der Waals surface area contributed by atoms with Gasteiger partial charge in [-0.1, -0.05) is 13.2 Å². The minimum absolute atomic E-state index is 0.212.